The van der Waals surface area contributed by atoms with Crippen LogP contribution in [0.5, 0.6) is 5.75 Å². The summed E-state index contributed by atoms with van der Waals surface area (Å²) in [5.41, 5.74) is -14.5. The Morgan fingerprint density at radius 1 is 0.786 bits per heavy atom. The number of rotatable bonds is 10. The lowest BCUT2D eigenvalue weighted by atomic mass is 9.72. The highest BCUT2D eigenvalue weighted by Gasteiger charge is 2.95. The minimum atomic E-state index is -8.48. The summed E-state index contributed by atoms with van der Waals surface area (Å²) in [6.07, 6.45) is -38.6. The van der Waals surface area contributed by atoms with Crippen molar-refractivity contribution >= 4 is 28.8 Å². The first-order valence-electron chi connectivity index (χ1n) is 15.5. The summed E-state index contributed by atoms with van der Waals surface area (Å²) in [7, 11) is 1.37. The molecule has 0 bridgehead atoms. The molecule has 2 heterocycles. The number of methoxy groups -OCH3 is 1. The Bertz CT molecular complexity index is 1850. The SMILES string of the molecule is COc1ccc(-c2ccccc2)c(NC(=O)c2csc(C3CCN(C(=O)C(F)(F)C(F)(CC(F)(F)C(C(F)(F)F)(C(F)(F)F)C(F)(F)F)C(F)(F)F)CC3)n2)c1. The number of anilines is 1. The fraction of sp³-hybridized carbons (Fsp3) is 0.469. The lowest BCUT2D eigenvalue weighted by Gasteiger charge is -2.46. The molecule has 56 heavy (non-hydrogen) atoms. The maximum absolute atomic E-state index is 15.3. The molecule has 1 aliphatic rings. The van der Waals surface area contributed by atoms with Gasteiger partial charge in [0.15, 0.2) is 0 Å². The summed E-state index contributed by atoms with van der Waals surface area (Å²) in [4.78, 5) is 29.6. The Balaban J connectivity index is 1.55. The van der Waals surface area contributed by atoms with Gasteiger partial charge in [-0.25, -0.2) is 18.2 Å². The second-order valence-electron chi connectivity index (χ2n) is 12.4. The number of thiazole rings is 1. The van der Waals surface area contributed by atoms with E-state index in [1.807, 2.05) is 0 Å². The van der Waals surface area contributed by atoms with Gasteiger partial charge in [-0.15, -0.1) is 11.3 Å². The summed E-state index contributed by atoms with van der Waals surface area (Å²) < 4.78 is 241. The average Bonchev–Trinajstić information content (AvgIpc) is 3.56. The van der Waals surface area contributed by atoms with Crippen LogP contribution in [-0.2, 0) is 4.79 Å². The molecule has 0 aliphatic carbocycles. The van der Waals surface area contributed by atoms with Gasteiger partial charge in [0.05, 0.1) is 24.2 Å². The smallest absolute Gasteiger partial charge is 0.429 e. The molecule has 0 spiro atoms. The number of nitrogens with zero attached hydrogens (tertiary/aromatic N) is 2. The van der Waals surface area contributed by atoms with Crippen molar-refractivity contribution in [1.82, 2.24) is 9.88 Å². The molecule has 2 aromatic carbocycles. The maximum atomic E-state index is 15.3. The molecule has 1 atom stereocenters. The maximum Gasteiger partial charge on any atom is 0.429 e. The first-order valence-corrected chi connectivity index (χ1v) is 16.4. The standard InChI is InChI=1S/C32H24F17N3O3S/c1-55-18-7-8-19(16-5-3-2-4-6-16)20(13-18)50-22(53)21-14-56-23(51-21)17-9-11-52(12-10-17)24(54)27(36,37)25(33,29(38,39)40)15-26(34,35)28(30(41,42)43,31(44,45)46)32(47,48)49/h2-8,13-14,17H,9-12,15H2,1H3,(H,50,53). The molecule has 0 saturated carbocycles. The minimum Gasteiger partial charge on any atom is -0.497 e. The fourth-order valence-corrected chi connectivity index (χ4v) is 6.99. The molecule has 4 rings (SSSR count). The number of amides is 2. The summed E-state index contributed by atoms with van der Waals surface area (Å²) in [6, 6.07) is 13.5. The van der Waals surface area contributed by atoms with Crippen LogP contribution in [0, 0.1) is 5.41 Å². The molecule has 310 valence electrons. The van der Waals surface area contributed by atoms with Gasteiger partial charge < -0.3 is 15.0 Å². The molecule has 2 amide bonds. The van der Waals surface area contributed by atoms with Gasteiger partial charge >= 0.3 is 36.0 Å². The highest BCUT2D eigenvalue weighted by molar-refractivity contribution is 7.10. The van der Waals surface area contributed by atoms with Gasteiger partial charge in [0.2, 0.25) is 0 Å². The van der Waals surface area contributed by atoms with Crippen molar-refractivity contribution in [1.29, 1.82) is 0 Å². The zero-order chi connectivity index (χ0) is 42.5. The zero-order valence-corrected chi connectivity index (χ0v) is 28.6. The molecule has 1 fully saturated rings. The van der Waals surface area contributed by atoms with Gasteiger partial charge in [0, 0.05) is 36.0 Å². The Kier molecular flexibility index (Phi) is 11.8. The second-order valence-corrected chi connectivity index (χ2v) is 13.3. The zero-order valence-electron chi connectivity index (χ0n) is 27.8. The first-order chi connectivity index (χ1) is 25.5. The Hall–Kier alpha value is -4.38. The predicted octanol–water partition coefficient (Wildman–Crippen LogP) is 10.4. The number of hydrogen-bond acceptors (Lipinski definition) is 5. The monoisotopic (exact) mass is 853 g/mol. The van der Waals surface area contributed by atoms with Crippen LogP contribution in [0.15, 0.2) is 53.9 Å². The number of piperidine rings is 1. The third-order valence-corrected chi connectivity index (χ3v) is 9.96. The van der Waals surface area contributed by atoms with Gasteiger partial charge in [0.25, 0.3) is 23.4 Å². The number of likely N-dealkylation sites (tertiary alicyclic amines) is 1. The van der Waals surface area contributed by atoms with E-state index >= 15 is 13.2 Å². The molecule has 6 nitrogen and oxygen atoms in total. The third-order valence-electron chi connectivity index (χ3n) is 8.95. The van der Waals surface area contributed by atoms with Gasteiger partial charge in [-0.1, -0.05) is 30.3 Å². The molecule has 3 aromatic rings. The molecule has 0 radical (unpaired) electrons. The number of nitrogens with one attached hydrogen (secondary N) is 1. The van der Waals surface area contributed by atoms with E-state index in [9.17, 15) is 71.1 Å². The van der Waals surface area contributed by atoms with E-state index in [-0.39, 0.29) is 21.3 Å². The number of benzene rings is 2. The highest BCUT2D eigenvalue weighted by Crippen LogP contribution is 2.69. The van der Waals surface area contributed by atoms with E-state index in [0.29, 0.717) is 16.9 Å². The van der Waals surface area contributed by atoms with Crippen molar-refractivity contribution in [3.63, 3.8) is 0 Å². The third kappa shape index (κ3) is 7.68. The molecule has 1 N–H and O–H groups in total. The number of carbonyl (C=O) groups is 2. The van der Waals surface area contributed by atoms with Gasteiger partial charge in [0.1, 0.15) is 11.4 Å². The second kappa shape index (κ2) is 14.8. The van der Waals surface area contributed by atoms with E-state index in [1.165, 1.54) is 18.6 Å². The lowest BCUT2D eigenvalue weighted by Crippen LogP contribution is -2.72. The minimum absolute atomic E-state index is 0.0977. The van der Waals surface area contributed by atoms with E-state index in [4.69, 9.17) is 4.74 Å². The normalized spacial score (nSPS) is 16.7. The van der Waals surface area contributed by atoms with Crippen LogP contribution < -0.4 is 10.1 Å². The Morgan fingerprint density at radius 2 is 1.32 bits per heavy atom. The van der Waals surface area contributed by atoms with Gasteiger partial charge in [-0.05, 0) is 30.5 Å². The van der Waals surface area contributed by atoms with Crippen molar-refractivity contribution in [2.45, 2.75) is 67.4 Å². The van der Waals surface area contributed by atoms with Crippen molar-refractivity contribution in [2.75, 3.05) is 25.5 Å². The van der Waals surface area contributed by atoms with Gasteiger partial charge in [-0.3, -0.25) is 9.59 Å². The van der Waals surface area contributed by atoms with Crippen LogP contribution in [-0.4, -0.2) is 84.1 Å². The number of carbonyl (C=O) groups excluding carboxylic acids is 2. The number of hydrogen-bond donors (Lipinski definition) is 1. The Morgan fingerprint density at radius 3 is 1.80 bits per heavy atom. The summed E-state index contributed by atoms with van der Waals surface area (Å²) in [6.45, 7) is -2.13. The lowest BCUT2D eigenvalue weighted by molar-refractivity contribution is -0.481. The van der Waals surface area contributed by atoms with E-state index in [0.717, 1.165) is 11.3 Å². The van der Waals surface area contributed by atoms with Crippen molar-refractivity contribution in [3.05, 3.63) is 64.6 Å². The van der Waals surface area contributed by atoms with Crippen LogP contribution in [0.25, 0.3) is 11.1 Å². The summed E-state index contributed by atoms with van der Waals surface area (Å²) in [5.74, 6) is -19.7. The topological polar surface area (TPSA) is 71.5 Å². The highest BCUT2D eigenvalue weighted by atomic mass is 32.1. The molecular formula is C32H24F17N3O3S. The number of halogens is 17. The van der Waals surface area contributed by atoms with Crippen molar-refractivity contribution < 1.29 is 89.0 Å². The quantitative estimate of drug-likeness (QED) is 0.206. The summed E-state index contributed by atoms with van der Waals surface area (Å²) in [5, 5.41) is 4.00. The summed E-state index contributed by atoms with van der Waals surface area (Å²) >= 11 is 0.824. The largest absolute Gasteiger partial charge is 0.497 e. The average molecular weight is 854 g/mol. The number of alkyl halides is 17. The van der Waals surface area contributed by atoms with Crippen LogP contribution >= 0.6 is 11.3 Å². The van der Waals surface area contributed by atoms with Crippen LogP contribution in [0.4, 0.5) is 80.3 Å². The fourth-order valence-electron chi connectivity index (χ4n) is 6.02. The molecular weight excluding hydrogens is 829 g/mol. The molecule has 1 aromatic heterocycles. The van der Waals surface area contributed by atoms with Crippen LogP contribution in [0.3, 0.4) is 0 Å². The van der Waals surface area contributed by atoms with Gasteiger partial charge in [-0.2, -0.15) is 61.5 Å². The Labute approximate surface area is 307 Å². The molecule has 1 aliphatic heterocycles. The number of ether oxygens (including phenoxy) is 1. The van der Waals surface area contributed by atoms with E-state index in [1.54, 1.807) is 42.5 Å². The molecule has 1 unspecified atom stereocenters. The van der Waals surface area contributed by atoms with E-state index < -0.39 is 97.7 Å². The molecule has 1 saturated heterocycles. The number of aromatic nitrogens is 1. The van der Waals surface area contributed by atoms with Crippen LogP contribution in [0.1, 0.15) is 40.7 Å². The van der Waals surface area contributed by atoms with E-state index in [2.05, 4.69) is 10.3 Å². The van der Waals surface area contributed by atoms with Crippen LogP contribution in [0.2, 0.25) is 0 Å². The first kappa shape index (κ1) is 44.3. The van der Waals surface area contributed by atoms with Crippen molar-refractivity contribution in [2.24, 2.45) is 5.41 Å². The molecule has 24 heteroatoms. The predicted molar refractivity (Wildman–Crippen MR) is 162 cm³/mol. The van der Waals surface area contributed by atoms with Crippen molar-refractivity contribution in [3.8, 4) is 16.9 Å².